The number of thiophene rings is 1. The first-order chi connectivity index (χ1) is 29.4. The van der Waals surface area contributed by atoms with Crippen molar-refractivity contribution in [1.82, 2.24) is 40.4 Å². The molecule has 4 amide bonds. The van der Waals surface area contributed by atoms with Crippen molar-refractivity contribution in [2.45, 2.75) is 90.0 Å². The molecule has 6 aromatic rings. The fourth-order valence-corrected chi connectivity index (χ4v) is 11.0. The molecule has 2 bridgehead atoms. The van der Waals surface area contributed by atoms with Crippen LogP contribution in [0.4, 0.5) is 9.59 Å². The molecule has 318 valence electrons. The number of nitrogens with one attached hydrogen (secondary N) is 4. The van der Waals surface area contributed by atoms with Crippen molar-refractivity contribution in [3.05, 3.63) is 72.4 Å². The minimum atomic E-state index is -0.691. The fraction of sp³-hybridized carbons (Fsp3) is 0.435. The molecule has 4 N–H and O–H groups in total. The second kappa shape index (κ2) is 16.1. The number of piperidine rings is 1. The van der Waals surface area contributed by atoms with Gasteiger partial charge in [0.05, 0.1) is 49.2 Å². The second-order valence-electron chi connectivity index (χ2n) is 17.4. The number of fused-ring (bicyclic) bond motifs is 6. The van der Waals surface area contributed by atoms with Crippen molar-refractivity contribution >= 4 is 66.5 Å². The quantitative estimate of drug-likeness (QED) is 0.106. The first kappa shape index (κ1) is 40.4. The highest BCUT2D eigenvalue weighted by Gasteiger charge is 2.51. The van der Waals surface area contributed by atoms with Crippen LogP contribution in [0.15, 0.2) is 60.8 Å². The number of hydrogen-bond acceptors (Lipinski definition) is 9. The summed E-state index contributed by atoms with van der Waals surface area (Å²) in [6, 6.07) is 17.7. The molecule has 1 aliphatic carbocycles. The molecule has 2 saturated heterocycles. The minimum absolute atomic E-state index is 0.0896. The van der Waals surface area contributed by atoms with Gasteiger partial charge in [-0.2, -0.15) is 0 Å². The highest BCUT2D eigenvalue weighted by molar-refractivity contribution is 7.25. The van der Waals surface area contributed by atoms with Crippen molar-refractivity contribution in [3.8, 4) is 22.4 Å². The summed E-state index contributed by atoms with van der Waals surface area (Å²) in [4.78, 5) is 72.6. The minimum Gasteiger partial charge on any atom is -0.453 e. The third-order valence-electron chi connectivity index (χ3n) is 13.0. The number of methoxy groups -OCH3 is 2. The molecule has 3 aromatic carbocycles. The number of aromatic amines is 2. The van der Waals surface area contributed by atoms with Crippen LogP contribution in [0.3, 0.4) is 0 Å². The molecule has 3 aliphatic rings. The Bertz CT molecular complexity index is 2670. The summed E-state index contributed by atoms with van der Waals surface area (Å²) in [6.45, 7) is 8.28. The van der Waals surface area contributed by atoms with Crippen LogP contribution in [0.5, 0.6) is 0 Å². The summed E-state index contributed by atoms with van der Waals surface area (Å²) < 4.78 is 12.0. The van der Waals surface area contributed by atoms with Crippen molar-refractivity contribution < 1.29 is 28.7 Å². The average molecular weight is 845 g/mol. The lowest BCUT2D eigenvalue weighted by Gasteiger charge is -2.37. The molecule has 2 aliphatic heterocycles. The fourth-order valence-electron chi connectivity index (χ4n) is 9.84. The molecule has 1 saturated carbocycles. The zero-order valence-corrected chi connectivity index (χ0v) is 36.1. The van der Waals surface area contributed by atoms with Crippen molar-refractivity contribution in [1.29, 1.82) is 0 Å². The van der Waals surface area contributed by atoms with Gasteiger partial charge in [-0.3, -0.25) is 9.59 Å². The van der Waals surface area contributed by atoms with E-state index in [2.05, 4.69) is 69.1 Å². The summed E-state index contributed by atoms with van der Waals surface area (Å²) in [7, 11) is 2.61. The maximum Gasteiger partial charge on any atom is 0.407 e. The van der Waals surface area contributed by atoms with Gasteiger partial charge in [0.1, 0.15) is 23.7 Å². The van der Waals surface area contributed by atoms with E-state index in [1.807, 2.05) is 49.8 Å². The predicted molar refractivity (Wildman–Crippen MR) is 235 cm³/mol. The highest BCUT2D eigenvalue weighted by Crippen LogP contribution is 2.50. The summed E-state index contributed by atoms with van der Waals surface area (Å²) in [5, 5.41) is 7.86. The van der Waals surface area contributed by atoms with Crippen molar-refractivity contribution in [2.75, 3.05) is 20.8 Å². The number of likely N-dealkylation sites (tertiary alicyclic amines) is 2. The van der Waals surface area contributed by atoms with E-state index in [0.29, 0.717) is 12.5 Å². The molecule has 9 rings (SSSR count). The van der Waals surface area contributed by atoms with Gasteiger partial charge < -0.3 is 39.9 Å². The zero-order chi connectivity index (χ0) is 42.7. The number of nitrogens with zero attached hydrogens (tertiary/aromatic N) is 4. The van der Waals surface area contributed by atoms with E-state index in [4.69, 9.17) is 19.4 Å². The molecule has 14 nitrogen and oxygen atoms in total. The van der Waals surface area contributed by atoms with Crippen LogP contribution in [0, 0.1) is 17.8 Å². The third-order valence-corrected chi connectivity index (χ3v) is 14.1. The number of ether oxygens (including phenoxy) is 2. The molecule has 6 unspecified atom stereocenters. The number of H-pyrrole nitrogens is 2. The Kier molecular flexibility index (Phi) is 10.7. The van der Waals surface area contributed by atoms with E-state index < -0.39 is 24.3 Å². The van der Waals surface area contributed by atoms with Crippen LogP contribution in [-0.2, 0) is 19.1 Å². The standard InChI is InChI=1S/C46H52N8O6S/c1-23(2)38(51-45(57)59-5)43(55)53-17-7-8-35(53)41-47-22-34(50-41)27-11-15-31-30-14-10-26(20-36(30)61-37(31)21-27)25-12-16-32-33(19-25)49-42(48-32)40-28-9-13-29(18-28)54(40)44(56)39(24(3)4)52-46(58)60-6/h10-12,14-16,19-24,28-29,35,38-40H,7-9,13,17-18H2,1-6H3,(H,47,50)(H,48,49)(H,51,57)(H,52,58). The second-order valence-corrected chi connectivity index (χ2v) is 18.5. The molecule has 5 heterocycles. The van der Waals surface area contributed by atoms with Crippen molar-refractivity contribution in [3.63, 3.8) is 0 Å². The van der Waals surface area contributed by atoms with E-state index in [0.717, 1.165) is 81.9 Å². The van der Waals surface area contributed by atoms with Crippen LogP contribution in [0.1, 0.15) is 83.5 Å². The van der Waals surface area contributed by atoms with Gasteiger partial charge in [0.2, 0.25) is 11.8 Å². The topological polar surface area (TPSA) is 175 Å². The van der Waals surface area contributed by atoms with E-state index in [1.54, 1.807) is 11.3 Å². The lowest BCUT2D eigenvalue weighted by Crippen LogP contribution is -2.54. The molecule has 0 spiro atoms. The summed E-state index contributed by atoms with van der Waals surface area (Å²) in [5.41, 5.74) is 5.82. The predicted octanol–water partition coefficient (Wildman–Crippen LogP) is 8.46. The van der Waals surface area contributed by atoms with Crippen LogP contribution in [-0.4, -0.2) is 92.6 Å². The zero-order valence-electron chi connectivity index (χ0n) is 35.3. The number of aromatic nitrogens is 4. The number of carbonyl (C=O) groups is 4. The van der Waals surface area contributed by atoms with Gasteiger partial charge in [-0.05, 0) is 85.3 Å². The first-order valence-electron chi connectivity index (χ1n) is 21.3. The van der Waals surface area contributed by atoms with Gasteiger partial charge in [0.25, 0.3) is 0 Å². The van der Waals surface area contributed by atoms with E-state index in [1.165, 1.54) is 29.7 Å². The van der Waals surface area contributed by atoms with Crippen LogP contribution in [0.25, 0.3) is 53.6 Å². The molecule has 15 heteroatoms. The number of rotatable bonds is 10. The number of alkyl carbamates (subject to hydrolysis) is 2. The van der Waals surface area contributed by atoms with E-state index in [9.17, 15) is 19.2 Å². The Hall–Kier alpha value is -5.96. The summed E-state index contributed by atoms with van der Waals surface area (Å²) in [6.07, 6.45) is 5.16. The molecule has 3 fully saturated rings. The van der Waals surface area contributed by atoms with E-state index in [-0.39, 0.29) is 41.8 Å². The monoisotopic (exact) mass is 844 g/mol. The SMILES string of the molecule is COC(=O)NC(C(=O)N1CCCC1c1ncc(-c2ccc3c(c2)sc2cc(-c4ccc5nc(C6C7CCC(C7)N6C(=O)C(NC(=O)OC)C(C)C)[nH]c5c4)ccc23)[nH]1)C(C)C. The number of imidazole rings is 2. The van der Waals surface area contributed by atoms with Crippen LogP contribution < -0.4 is 10.6 Å². The largest absolute Gasteiger partial charge is 0.453 e. The number of hydrogen-bond donors (Lipinski definition) is 4. The maximum absolute atomic E-state index is 14.1. The van der Waals surface area contributed by atoms with Crippen LogP contribution >= 0.6 is 11.3 Å². The molecule has 3 aromatic heterocycles. The first-order valence-corrected chi connectivity index (χ1v) is 22.1. The Morgan fingerprint density at radius 2 is 1.41 bits per heavy atom. The Morgan fingerprint density at radius 3 is 2.10 bits per heavy atom. The Balaban J connectivity index is 0.950. The number of benzene rings is 3. The van der Waals surface area contributed by atoms with Gasteiger partial charge in [0, 0.05) is 38.3 Å². The molecule has 0 radical (unpaired) electrons. The van der Waals surface area contributed by atoms with Crippen molar-refractivity contribution in [2.24, 2.45) is 17.8 Å². The lowest BCUT2D eigenvalue weighted by molar-refractivity contribution is -0.139. The molecular formula is C46H52N8O6S. The smallest absolute Gasteiger partial charge is 0.407 e. The van der Waals surface area contributed by atoms with E-state index >= 15 is 0 Å². The van der Waals surface area contributed by atoms with Gasteiger partial charge in [-0.15, -0.1) is 11.3 Å². The number of carbonyl (C=O) groups excluding carboxylic acids is 4. The normalized spacial score (nSPS) is 20.9. The average Bonchev–Trinajstić information content (AvgIpc) is 4.12. The molecule has 61 heavy (non-hydrogen) atoms. The summed E-state index contributed by atoms with van der Waals surface area (Å²) >= 11 is 1.75. The van der Waals surface area contributed by atoms with Gasteiger partial charge >= 0.3 is 12.2 Å². The summed E-state index contributed by atoms with van der Waals surface area (Å²) in [5.74, 6) is 1.39. The molecule has 6 atom stereocenters. The Morgan fingerprint density at radius 1 is 0.770 bits per heavy atom. The van der Waals surface area contributed by atoms with Crippen LogP contribution in [0.2, 0.25) is 0 Å². The third kappa shape index (κ3) is 7.36. The Labute approximate surface area is 357 Å². The maximum atomic E-state index is 14.1. The van der Waals surface area contributed by atoms with Gasteiger partial charge in [-0.25, -0.2) is 19.6 Å². The highest BCUT2D eigenvalue weighted by atomic mass is 32.1. The van der Waals surface area contributed by atoms with Gasteiger partial charge in [0.15, 0.2) is 0 Å². The van der Waals surface area contributed by atoms with Gasteiger partial charge in [-0.1, -0.05) is 58.0 Å². The number of amides is 4. The molecular weight excluding hydrogens is 793 g/mol. The lowest BCUT2D eigenvalue weighted by atomic mass is 9.95.